The Bertz CT molecular complexity index is 202. The summed E-state index contributed by atoms with van der Waals surface area (Å²) in [5.74, 6) is 0.854. The molecule has 1 fully saturated rings. The quantitative estimate of drug-likeness (QED) is 0.692. The summed E-state index contributed by atoms with van der Waals surface area (Å²) < 4.78 is 5.25. The fourth-order valence-corrected chi connectivity index (χ4v) is 3.04. The van der Waals surface area contributed by atoms with Gasteiger partial charge in [-0.25, -0.2) is 0 Å². The summed E-state index contributed by atoms with van der Waals surface area (Å²) in [5.41, 5.74) is -0.338. The van der Waals surface area contributed by atoms with E-state index in [0.717, 1.165) is 11.0 Å². The minimum absolute atomic E-state index is 0.0620. The highest BCUT2D eigenvalue weighted by molar-refractivity contribution is 7.99. The van der Waals surface area contributed by atoms with Crippen LogP contribution in [-0.4, -0.2) is 22.6 Å². The summed E-state index contributed by atoms with van der Waals surface area (Å²) >= 11 is 1.94. The lowest BCUT2D eigenvalue weighted by Gasteiger charge is -2.19. The van der Waals surface area contributed by atoms with Crippen LogP contribution in [0.3, 0.4) is 0 Å². The summed E-state index contributed by atoms with van der Waals surface area (Å²) in [4.78, 5) is 11.4. The molecule has 2 nitrogen and oxygen atoms in total. The van der Waals surface area contributed by atoms with E-state index in [1.54, 1.807) is 0 Å². The number of carbonyl (C=O) groups excluding carboxylic acids is 1. The molecular weight excluding hydrogens is 208 g/mol. The van der Waals surface area contributed by atoms with E-state index >= 15 is 0 Å². The van der Waals surface area contributed by atoms with Gasteiger partial charge in [-0.1, -0.05) is 12.8 Å². The van der Waals surface area contributed by atoms with Gasteiger partial charge in [-0.2, -0.15) is 11.8 Å². The lowest BCUT2D eigenvalue weighted by atomic mass is 10.2. The number of hydrogen-bond acceptors (Lipinski definition) is 3. The first-order valence-corrected chi connectivity index (χ1v) is 6.86. The Balaban J connectivity index is 2.06. The molecule has 1 aliphatic carbocycles. The largest absolute Gasteiger partial charge is 0.460 e. The SMILES string of the molecule is CC(C)(C)OC(=O)CCSC1CCCC1. The minimum atomic E-state index is -0.338. The summed E-state index contributed by atoms with van der Waals surface area (Å²) in [6, 6.07) is 0. The van der Waals surface area contributed by atoms with E-state index in [2.05, 4.69) is 0 Å². The minimum Gasteiger partial charge on any atom is -0.460 e. The molecule has 0 radical (unpaired) electrons. The van der Waals surface area contributed by atoms with Crippen LogP contribution >= 0.6 is 11.8 Å². The zero-order valence-electron chi connectivity index (χ0n) is 10.0. The first-order chi connectivity index (χ1) is 6.97. The Morgan fingerprint density at radius 3 is 2.47 bits per heavy atom. The van der Waals surface area contributed by atoms with E-state index in [1.165, 1.54) is 25.7 Å². The van der Waals surface area contributed by atoms with Gasteiger partial charge in [0.15, 0.2) is 0 Å². The van der Waals surface area contributed by atoms with Crippen LogP contribution in [0.5, 0.6) is 0 Å². The highest BCUT2D eigenvalue weighted by Gasteiger charge is 2.18. The number of carbonyl (C=O) groups is 1. The van der Waals surface area contributed by atoms with Crippen LogP contribution in [0.4, 0.5) is 0 Å². The van der Waals surface area contributed by atoms with Crippen molar-refractivity contribution in [3.8, 4) is 0 Å². The van der Waals surface area contributed by atoms with E-state index in [-0.39, 0.29) is 11.6 Å². The van der Waals surface area contributed by atoms with E-state index in [9.17, 15) is 4.79 Å². The Morgan fingerprint density at radius 1 is 1.33 bits per heavy atom. The molecule has 1 aliphatic rings. The highest BCUT2D eigenvalue weighted by atomic mass is 32.2. The summed E-state index contributed by atoms with van der Waals surface area (Å²) in [7, 11) is 0. The monoisotopic (exact) mass is 230 g/mol. The standard InChI is InChI=1S/C12H22O2S/c1-12(2,3)14-11(13)8-9-15-10-6-4-5-7-10/h10H,4-9H2,1-3H3. The molecule has 0 aromatic heterocycles. The molecule has 0 N–H and O–H groups in total. The van der Waals surface area contributed by atoms with Crippen molar-refractivity contribution >= 4 is 17.7 Å². The van der Waals surface area contributed by atoms with Gasteiger partial charge in [-0.15, -0.1) is 0 Å². The fourth-order valence-electron chi connectivity index (χ4n) is 1.76. The van der Waals surface area contributed by atoms with Crippen LogP contribution in [0.15, 0.2) is 0 Å². The van der Waals surface area contributed by atoms with Gasteiger partial charge in [-0.05, 0) is 33.6 Å². The first kappa shape index (κ1) is 12.9. The second-order valence-corrected chi connectivity index (χ2v) is 6.52. The summed E-state index contributed by atoms with van der Waals surface area (Å²) in [6.45, 7) is 5.74. The number of hydrogen-bond donors (Lipinski definition) is 0. The lowest BCUT2D eigenvalue weighted by Crippen LogP contribution is -2.24. The third-order valence-corrected chi connectivity index (χ3v) is 3.76. The molecule has 0 aromatic rings. The van der Waals surface area contributed by atoms with Crippen LogP contribution in [0.25, 0.3) is 0 Å². The fraction of sp³-hybridized carbons (Fsp3) is 0.917. The van der Waals surface area contributed by atoms with Crippen LogP contribution in [0.1, 0.15) is 52.9 Å². The zero-order chi connectivity index (χ0) is 11.3. The van der Waals surface area contributed by atoms with Crippen molar-refractivity contribution in [1.29, 1.82) is 0 Å². The van der Waals surface area contributed by atoms with E-state index in [0.29, 0.717) is 6.42 Å². The van der Waals surface area contributed by atoms with Crippen molar-refractivity contribution in [2.24, 2.45) is 0 Å². The Morgan fingerprint density at radius 2 is 1.93 bits per heavy atom. The molecule has 0 amide bonds. The van der Waals surface area contributed by atoms with Gasteiger partial charge in [0, 0.05) is 11.0 Å². The van der Waals surface area contributed by atoms with Crippen LogP contribution in [0.2, 0.25) is 0 Å². The van der Waals surface area contributed by atoms with Crippen molar-refractivity contribution in [3.63, 3.8) is 0 Å². The topological polar surface area (TPSA) is 26.3 Å². The van der Waals surface area contributed by atoms with Gasteiger partial charge in [0.25, 0.3) is 0 Å². The normalized spacial score (nSPS) is 18.1. The van der Waals surface area contributed by atoms with Gasteiger partial charge in [0.2, 0.25) is 0 Å². The van der Waals surface area contributed by atoms with Gasteiger partial charge in [0.05, 0.1) is 6.42 Å². The number of rotatable bonds is 4. The number of ether oxygens (including phenoxy) is 1. The van der Waals surface area contributed by atoms with Crippen LogP contribution in [0, 0.1) is 0 Å². The van der Waals surface area contributed by atoms with Gasteiger partial charge < -0.3 is 4.74 Å². The summed E-state index contributed by atoms with van der Waals surface area (Å²) in [6.07, 6.45) is 5.95. The highest BCUT2D eigenvalue weighted by Crippen LogP contribution is 2.29. The number of thioether (sulfide) groups is 1. The van der Waals surface area contributed by atoms with Gasteiger partial charge in [0.1, 0.15) is 5.60 Å². The van der Waals surface area contributed by atoms with Crippen LogP contribution < -0.4 is 0 Å². The summed E-state index contributed by atoms with van der Waals surface area (Å²) in [5, 5.41) is 0.799. The van der Waals surface area contributed by atoms with Crippen molar-refractivity contribution in [1.82, 2.24) is 0 Å². The first-order valence-electron chi connectivity index (χ1n) is 5.81. The molecule has 88 valence electrons. The maximum Gasteiger partial charge on any atom is 0.307 e. The third-order valence-electron chi connectivity index (χ3n) is 2.38. The predicted molar refractivity (Wildman–Crippen MR) is 65.2 cm³/mol. The van der Waals surface area contributed by atoms with E-state index in [4.69, 9.17) is 4.74 Å². The molecule has 0 atom stereocenters. The van der Waals surface area contributed by atoms with Gasteiger partial charge >= 0.3 is 5.97 Å². The average molecular weight is 230 g/mol. The predicted octanol–water partition coefficient (Wildman–Crippen LogP) is 3.39. The molecule has 1 rings (SSSR count). The van der Waals surface area contributed by atoms with Crippen molar-refractivity contribution in [2.45, 2.75) is 63.7 Å². The zero-order valence-corrected chi connectivity index (χ0v) is 10.9. The average Bonchev–Trinajstić information content (AvgIpc) is 2.53. The van der Waals surface area contributed by atoms with Gasteiger partial charge in [-0.3, -0.25) is 4.79 Å². The molecule has 0 aliphatic heterocycles. The molecule has 3 heteroatoms. The molecule has 0 spiro atoms. The molecule has 15 heavy (non-hydrogen) atoms. The van der Waals surface area contributed by atoms with E-state index in [1.807, 2.05) is 32.5 Å². The molecule has 0 aromatic carbocycles. The molecule has 0 unspecified atom stereocenters. The van der Waals surface area contributed by atoms with Crippen molar-refractivity contribution in [3.05, 3.63) is 0 Å². The molecular formula is C12H22O2S. The van der Waals surface area contributed by atoms with Crippen molar-refractivity contribution in [2.75, 3.05) is 5.75 Å². The third kappa shape index (κ3) is 6.08. The maximum atomic E-state index is 11.4. The molecule has 0 saturated heterocycles. The van der Waals surface area contributed by atoms with Crippen LogP contribution in [-0.2, 0) is 9.53 Å². The molecule has 0 bridgehead atoms. The Hall–Kier alpha value is -0.180. The molecule has 0 heterocycles. The number of esters is 1. The van der Waals surface area contributed by atoms with Crippen molar-refractivity contribution < 1.29 is 9.53 Å². The Kier molecular flexibility index (Phi) is 4.97. The smallest absolute Gasteiger partial charge is 0.307 e. The molecule has 1 saturated carbocycles. The second-order valence-electron chi connectivity index (χ2n) is 5.11. The lowest BCUT2D eigenvalue weighted by molar-refractivity contribution is -0.154. The Labute approximate surface area is 97.1 Å². The maximum absolute atomic E-state index is 11.4. The van der Waals surface area contributed by atoms with E-state index < -0.39 is 0 Å². The second kappa shape index (κ2) is 5.78.